The number of rotatable bonds is 4. The summed E-state index contributed by atoms with van der Waals surface area (Å²) in [5, 5.41) is 0. The highest BCUT2D eigenvalue weighted by Gasteiger charge is 2.13. The maximum absolute atomic E-state index is 12.7. The molecule has 0 spiro atoms. The van der Waals surface area contributed by atoms with Crippen LogP contribution in [0, 0.1) is 0 Å². The minimum Gasteiger partial charge on any atom is -0.292 e. The minimum absolute atomic E-state index is 0.259. The largest absolute Gasteiger partial charge is 0.331 e. The van der Waals surface area contributed by atoms with E-state index in [1.807, 2.05) is 37.3 Å². The molecule has 0 aliphatic heterocycles. The van der Waals surface area contributed by atoms with Crippen molar-refractivity contribution < 1.29 is 0 Å². The summed E-state index contributed by atoms with van der Waals surface area (Å²) >= 11 is 0. The molecule has 112 valence electrons. The van der Waals surface area contributed by atoms with E-state index in [1.54, 1.807) is 22.9 Å². The third-order valence-electron chi connectivity index (χ3n) is 3.62. The molecule has 0 aliphatic rings. The van der Waals surface area contributed by atoms with Crippen LogP contribution in [0.15, 0.2) is 58.3 Å². The average Bonchev–Trinajstić information content (AvgIpc) is 2.56. The molecule has 0 radical (unpaired) electrons. The van der Waals surface area contributed by atoms with Gasteiger partial charge in [0.15, 0.2) is 5.52 Å². The first-order valence-electron chi connectivity index (χ1n) is 7.34. The van der Waals surface area contributed by atoms with E-state index in [4.69, 9.17) is 0 Å². The fourth-order valence-electron chi connectivity index (χ4n) is 2.59. The Hall–Kier alpha value is -2.69. The second-order valence-corrected chi connectivity index (χ2v) is 5.18. The van der Waals surface area contributed by atoms with E-state index in [1.165, 1.54) is 4.57 Å². The van der Waals surface area contributed by atoms with Crippen LogP contribution < -0.4 is 11.2 Å². The van der Waals surface area contributed by atoms with E-state index in [9.17, 15) is 9.59 Å². The van der Waals surface area contributed by atoms with Crippen LogP contribution in [-0.2, 0) is 13.1 Å². The minimum atomic E-state index is -0.336. The lowest BCUT2D eigenvalue weighted by molar-refractivity contribution is 0.592. The zero-order valence-corrected chi connectivity index (χ0v) is 12.4. The van der Waals surface area contributed by atoms with Gasteiger partial charge in [-0.1, -0.05) is 37.3 Å². The molecule has 5 nitrogen and oxygen atoms in total. The van der Waals surface area contributed by atoms with Gasteiger partial charge in [0.25, 0.3) is 5.56 Å². The second-order valence-electron chi connectivity index (χ2n) is 5.18. The Labute approximate surface area is 127 Å². The normalized spacial score (nSPS) is 11.0. The Morgan fingerprint density at radius 3 is 2.50 bits per heavy atom. The summed E-state index contributed by atoms with van der Waals surface area (Å²) in [6.45, 7) is 2.83. The van der Waals surface area contributed by atoms with Crippen molar-refractivity contribution in [3.63, 3.8) is 0 Å². The van der Waals surface area contributed by atoms with Crippen LogP contribution in [0.1, 0.15) is 18.9 Å². The molecule has 2 aromatic heterocycles. The molecule has 0 amide bonds. The zero-order chi connectivity index (χ0) is 15.5. The number of benzene rings is 1. The van der Waals surface area contributed by atoms with Crippen molar-refractivity contribution in [3.05, 3.63) is 75.1 Å². The van der Waals surface area contributed by atoms with Crippen LogP contribution in [0.4, 0.5) is 0 Å². The molecular weight excluding hydrogens is 278 g/mol. The van der Waals surface area contributed by atoms with Gasteiger partial charge in [-0.05, 0) is 24.1 Å². The number of pyridine rings is 1. The molecule has 0 aliphatic carbocycles. The molecule has 0 N–H and O–H groups in total. The van der Waals surface area contributed by atoms with Crippen molar-refractivity contribution in [2.45, 2.75) is 26.4 Å². The summed E-state index contributed by atoms with van der Waals surface area (Å²) in [5.41, 5.74) is 1.24. The van der Waals surface area contributed by atoms with Gasteiger partial charge in [0.2, 0.25) is 0 Å². The zero-order valence-electron chi connectivity index (χ0n) is 12.4. The van der Waals surface area contributed by atoms with Crippen molar-refractivity contribution in [1.29, 1.82) is 0 Å². The maximum Gasteiger partial charge on any atom is 0.331 e. The number of nitrogens with zero attached hydrogens (tertiary/aromatic N) is 3. The van der Waals surface area contributed by atoms with E-state index in [0.717, 1.165) is 12.0 Å². The molecule has 22 heavy (non-hydrogen) atoms. The number of aryl methyl sites for hydroxylation is 1. The van der Waals surface area contributed by atoms with Crippen molar-refractivity contribution in [2.24, 2.45) is 0 Å². The highest BCUT2D eigenvalue weighted by atomic mass is 16.2. The predicted octanol–water partition coefficient (Wildman–Crippen LogP) is 2.02. The van der Waals surface area contributed by atoms with Gasteiger partial charge < -0.3 is 0 Å². The Balaban J connectivity index is 2.26. The van der Waals surface area contributed by atoms with Crippen LogP contribution in [0.3, 0.4) is 0 Å². The van der Waals surface area contributed by atoms with Crippen molar-refractivity contribution in [2.75, 3.05) is 0 Å². The molecule has 5 heteroatoms. The summed E-state index contributed by atoms with van der Waals surface area (Å²) in [4.78, 5) is 29.5. The van der Waals surface area contributed by atoms with Crippen molar-refractivity contribution >= 4 is 11.0 Å². The Kier molecular flexibility index (Phi) is 3.87. The molecule has 0 bridgehead atoms. The average molecular weight is 295 g/mol. The van der Waals surface area contributed by atoms with E-state index in [0.29, 0.717) is 17.6 Å². The SMILES string of the molecule is CCCn1c(=O)n(Cc2ccccc2)c(=O)c2ncccc21. The fourth-order valence-corrected chi connectivity index (χ4v) is 2.59. The topological polar surface area (TPSA) is 56.9 Å². The lowest BCUT2D eigenvalue weighted by Gasteiger charge is -2.12. The second kappa shape index (κ2) is 5.97. The van der Waals surface area contributed by atoms with Crippen LogP contribution in [0.25, 0.3) is 11.0 Å². The number of hydrogen-bond acceptors (Lipinski definition) is 3. The van der Waals surface area contributed by atoms with Crippen LogP contribution in [0.2, 0.25) is 0 Å². The molecule has 0 atom stereocenters. The van der Waals surface area contributed by atoms with Crippen LogP contribution >= 0.6 is 0 Å². The molecule has 3 rings (SSSR count). The first-order chi connectivity index (χ1) is 10.7. The van der Waals surface area contributed by atoms with E-state index in [2.05, 4.69) is 4.98 Å². The summed E-state index contributed by atoms with van der Waals surface area (Å²) in [5.74, 6) is 0. The number of aromatic nitrogens is 3. The lowest BCUT2D eigenvalue weighted by Crippen LogP contribution is -2.40. The predicted molar refractivity (Wildman–Crippen MR) is 86.1 cm³/mol. The monoisotopic (exact) mass is 295 g/mol. The standard InChI is InChI=1S/C17H17N3O2/c1-2-11-19-14-9-6-10-18-15(14)16(21)20(17(19)22)12-13-7-4-3-5-8-13/h3-10H,2,11-12H2,1H3. The van der Waals surface area contributed by atoms with Crippen LogP contribution in [0.5, 0.6) is 0 Å². The van der Waals surface area contributed by atoms with E-state index >= 15 is 0 Å². The summed E-state index contributed by atoms with van der Waals surface area (Å²) in [7, 11) is 0. The number of fused-ring (bicyclic) bond motifs is 1. The summed E-state index contributed by atoms with van der Waals surface area (Å²) < 4.78 is 2.90. The van der Waals surface area contributed by atoms with Gasteiger partial charge in [-0.15, -0.1) is 0 Å². The van der Waals surface area contributed by atoms with Gasteiger partial charge in [0, 0.05) is 12.7 Å². The van der Waals surface area contributed by atoms with Crippen LogP contribution in [-0.4, -0.2) is 14.1 Å². The Morgan fingerprint density at radius 1 is 1.00 bits per heavy atom. The van der Waals surface area contributed by atoms with Gasteiger partial charge in [-0.3, -0.25) is 13.9 Å². The van der Waals surface area contributed by atoms with Crippen molar-refractivity contribution in [3.8, 4) is 0 Å². The molecule has 0 unspecified atom stereocenters. The van der Waals surface area contributed by atoms with Gasteiger partial charge in [-0.2, -0.15) is 0 Å². The highest BCUT2D eigenvalue weighted by Crippen LogP contribution is 2.06. The first kappa shape index (κ1) is 14.3. The smallest absolute Gasteiger partial charge is 0.292 e. The molecule has 3 aromatic rings. The Morgan fingerprint density at radius 2 is 1.77 bits per heavy atom. The molecule has 0 saturated heterocycles. The fraction of sp³-hybridized carbons (Fsp3) is 0.235. The highest BCUT2D eigenvalue weighted by molar-refractivity contribution is 5.73. The molecule has 2 heterocycles. The van der Waals surface area contributed by atoms with Crippen molar-refractivity contribution in [1.82, 2.24) is 14.1 Å². The van der Waals surface area contributed by atoms with E-state index < -0.39 is 0 Å². The summed E-state index contributed by atoms with van der Waals surface area (Å²) in [6, 6.07) is 13.0. The molecule has 1 aromatic carbocycles. The summed E-state index contributed by atoms with van der Waals surface area (Å²) in [6.07, 6.45) is 2.39. The van der Waals surface area contributed by atoms with E-state index in [-0.39, 0.29) is 17.8 Å². The third-order valence-corrected chi connectivity index (χ3v) is 3.62. The molecule has 0 fully saturated rings. The third kappa shape index (κ3) is 2.45. The number of hydrogen-bond donors (Lipinski definition) is 0. The van der Waals surface area contributed by atoms with Gasteiger partial charge >= 0.3 is 5.69 Å². The molecule has 0 saturated carbocycles. The first-order valence-corrected chi connectivity index (χ1v) is 7.34. The Bertz CT molecular complexity index is 911. The van der Waals surface area contributed by atoms with Gasteiger partial charge in [-0.25, -0.2) is 9.78 Å². The van der Waals surface area contributed by atoms with Gasteiger partial charge in [0.1, 0.15) is 0 Å². The quantitative estimate of drug-likeness (QED) is 0.740. The van der Waals surface area contributed by atoms with Gasteiger partial charge in [0.05, 0.1) is 12.1 Å². The molecular formula is C17H17N3O2. The lowest BCUT2D eigenvalue weighted by atomic mass is 10.2. The maximum atomic E-state index is 12.7.